The highest BCUT2D eigenvalue weighted by molar-refractivity contribution is 7.16. The summed E-state index contributed by atoms with van der Waals surface area (Å²) in [4.78, 5) is 39.0. The highest BCUT2D eigenvalue weighted by Gasteiger charge is 2.29. The first-order valence-corrected chi connectivity index (χ1v) is 12.6. The maximum atomic E-state index is 13.1. The zero-order valence-corrected chi connectivity index (χ0v) is 20.3. The molecule has 1 aromatic carbocycles. The fraction of sp³-hybridized carbons (Fsp3) is 0.360. The molecule has 0 spiro atoms. The molecule has 2 aromatic heterocycles. The number of halogens is 1. The number of benzene rings is 1. The van der Waals surface area contributed by atoms with Crippen LogP contribution in [0.5, 0.6) is 0 Å². The second-order valence-electron chi connectivity index (χ2n) is 8.95. The number of piperidine rings is 1. The Morgan fingerprint density at radius 1 is 1.18 bits per heavy atom. The van der Waals surface area contributed by atoms with Crippen molar-refractivity contribution in [1.82, 2.24) is 14.9 Å². The maximum absolute atomic E-state index is 13.1. The van der Waals surface area contributed by atoms with Crippen LogP contribution in [0.3, 0.4) is 0 Å². The molecule has 2 N–H and O–H groups in total. The third-order valence-corrected chi connectivity index (χ3v) is 7.83. The molecule has 2 amide bonds. The van der Waals surface area contributed by atoms with Gasteiger partial charge in [0, 0.05) is 60.8 Å². The average Bonchev–Trinajstić information content (AvgIpc) is 3.44. The van der Waals surface area contributed by atoms with E-state index >= 15 is 0 Å². The van der Waals surface area contributed by atoms with Crippen LogP contribution in [0.15, 0.2) is 42.6 Å². The number of anilines is 1. The minimum Gasteiger partial charge on any atom is -0.364 e. The van der Waals surface area contributed by atoms with Gasteiger partial charge >= 0.3 is 0 Å². The second kappa shape index (κ2) is 9.72. The van der Waals surface area contributed by atoms with Crippen LogP contribution in [0.25, 0.3) is 0 Å². The van der Waals surface area contributed by atoms with Crippen molar-refractivity contribution in [3.63, 3.8) is 0 Å². The quantitative estimate of drug-likeness (QED) is 0.557. The van der Waals surface area contributed by atoms with E-state index in [-0.39, 0.29) is 11.8 Å². The van der Waals surface area contributed by atoms with Crippen molar-refractivity contribution in [2.75, 3.05) is 18.0 Å². The molecule has 0 aliphatic carbocycles. The molecule has 5 rings (SSSR count). The van der Waals surface area contributed by atoms with E-state index in [9.17, 15) is 9.59 Å². The Bertz CT molecular complexity index is 1220. The van der Waals surface area contributed by atoms with Gasteiger partial charge in [0.2, 0.25) is 5.91 Å². The molecule has 34 heavy (non-hydrogen) atoms. The van der Waals surface area contributed by atoms with Crippen molar-refractivity contribution in [3.8, 4) is 0 Å². The third kappa shape index (κ3) is 4.93. The number of rotatable bonds is 6. The number of nitrogens with zero attached hydrogens (tertiary/aromatic N) is 4. The van der Waals surface area contributed by atoms with E-state index in [1.54, 1.807) is 6.20 Å². The van der Waals surface area contributed by atoms with Crippen LogP contribution in [0.2, 0.25) is 5.02 Å². The van der Waals surface area contributed by atoms with Gasteiger partial charge in [0.25, 0.3) is 5.91 Å². The molecule has 1 fully saturated rings. The van der Waals surface area contributed by atoms with E-state index in [2.05, 4.69) is 14.9 Å². The number of nitrogens with two attached hydrogens (primary N) is 1. The Kier molecular flexibility index (Phi) is 6.52. The molecule has 2 aliphatic heterocycles. The fourth-order valence-corrected chi connectivity index (χ4v) is 6.08. The molecular formula is C25H26ClN5O2S. The Labute approximate surface area is 207 Å². The molecule has 1 saturated heterocycles. The highest BCUT2D eigenvalue weighted by Crippen LogP contribution is 2.33. The Balaban J connectivity index is 1.25. The minimum absolute atomic E-state index is 0.173. The number of fused-ring (bicyclic) bond motifs is 1. The summed E-state index contributed by atoms with van der Waals surface area (Å²) in [5.74, 6) is -0.105. The summed E-state index contributed by atoms with van der Waals surface area (Å²) >= 11 is 7.61. The predicted molar refractivity (Wildman–Crippen MR) is 133 cm³/mol. The van der Waals surface area contributed by atoms with Crippen molar-refractivity contribution in [3.05, 3.63) is 75.0 Å². The van der Waals surface area contributed by atoms with Crippen LogP contribution in [-0.4, -0.2) is 39.8 Å². The van der Waals surface area contributed by atoms with Crippen molar-refractivity contribution in [2.24, 2.45) is 11.7 Å². The molecule has 9 heteroatoms. The van der Waals surface area contributed by atoms with Gasteiger partial charge in [0.15, 0.2) is 5.13 Å². The largest absolute Gasteiger partial charge is 0.364 e. The third-order valence-electron chi connectivity index (χ3n) is 6.48. The van der Waals surface area contributed by atoms with Crippen LogP contribution in [0.4, 0.5) is 5.13 Å². The maximum Gasteiger partial charge on any atom is 0.268 e. The molecule has 0 radical (unpaired) electrons. The molecule has 3 aromatic rings. The summed E-state index contributed by atoms with van der Waals surface area (Å²) in [6, 6.07) is 11.6. The van der Waals surface area contributed by atoms with Crippen LogP contribution in [-0.2, 0) is 24.3 Å². The van der Waals surface area contributed by atoms with Crippen LogP contribution in [0, 0.1) is 5.92 Å². The summed E-state index contributed by atoms with van der Waals surface area (Å²) in [7, 11) is 0. The number of carbonyl (C=O) groups excluding carboxylic acids is 2. The second-order valence-corrected chi connectivity index (χ2v) is 10.5. The molecule has 7 nitrogen and oxygen atoms in total. The van der Waals surface area contributed by atoms with Crippen molar-refractivity contribution in [1.29, 1.82) is 0 Å². The molecule has 1 atom stereocenters. The normalized spacial score (nSPS) is 17.6. The number of pyridine rings is 1. The first kappa shape index (κ1) is 22.8. The summed E-state index contributed by atoms with van der Waals surface area (Å²) in [6.45, 7) is 2.86. The van der Waals surface area contributed by atoms with Gasteiger partial charge in [-0.1, -0.05) is 23.7 Å². The average molecular weight is 496 g/mol. The Morgan fingerprint density at radius 3 is 2.82 bits per heavy atom. The van der Waals surface area contributed by atoms with Crippen LogP contribution in [0.1, 0.15) is 51.4 Å². The first-order chi connectivity index (χ1) is 16.5. The smallest absolute Gasteiger partial charge is 0.268 e. The zero-order chi connectivity index (χ0) is 23.7. The summed E-state index contributed by atoms with van der Waals surface area (Å²) in [5.41, 5.74) is 9.12. The van der Waals surface area contributed by atoms with Crippen LogP contribution >= 0.6 is 22.9 Å². The number of amides is 2. The van der Waals surface area contributed by atoms with Gasteiger partial charge < -0.3 is 15.5 Å². The lowest BCUT2D eigenvalue weighted by atomic mass is 9.94. The first-order valence-electron chi connectivity index (χ1n) is 11.5. The van der Waals surface area contributed by atoms with E-state index in [1.807, 2.05) is 41.3 Å². The number of carbonyl (C=O) groups is 2. The number of primary amides is 1. The molecular weight excluding hydrogens is 470 g/mol. The van der Waals surface area contributed by atoms with E-state index in [0.717, 1.165) is 47.2 Å². The number of hydrogen-bond donors (Lipinski definition) is 1. The highest BCUT2D eigenvalue weighted by atomic mass is 35.5. The predicted octanol–water partition coefficient (Wildman–Crippen LogP) is 4.03. The standard InChI is InChI=1S/C25H26ClN5O2S/c26-19-7-6-17-14-31(15-18(17)11-19)22(32)10-16-4-3-9-30(13-16)25-29-23(24(27)33)21(34-25)12-20-5-1-2-8-28-20/h1-2,5-8,11,16H,3-4,9-10,12-15H2,(H2,27,33)/t16-/m0/s1. The minimum atomic E-state index is -0.522. The molecule has 0 saturated carbocycles. The summed E-state index contributed by atoms with van der Waals surface area (Å²) < 4.78 is 0. The van der Waals surface area contributed by atoms with Gasteiger partial charge in [-0.15, -0.1) is 11.3 Å². The number of aromatic nitrogens is 2. The lowest BCUT2D eigenvalue weighted by Gasteiger charge is -2.33. The van der Waals surface area contributed by atoms with Crippen molar-refractivity contribution >= 4 is 39.9 Å². The fourth-order valence-electron chi connectivity index (χ4n) is 4.78. The number of thiazole rings is 1. The van der Waals surface area contributed by atoms with E-state index in [1.165, 1.54) is 16.9 Å². The lowest BCUT2D eigenvalue weighted by molar-refractivity contribution is -0.132. The zero-order valence-electron chi connectivity index (χ0n) is 18.7. The van der Waals surface area contributed by atoms with Gasteiger partial charge in [-0.25, -0.2) is 4.98 Å². The molecule has 0 unspecified atom stereocenters. The SMILES string of the molecule is NC(=O)c1nc(N2CCC[C@@H](CC(=O)N3Cc4ccc(Cl)cc4C3)C2)sc1Cc1ccccn1. The molecule has 176 valence electrons. The van der Waals surface area contributed by atoms with Gasteiger partial charge in [-0.3, -0.25) is 14.6 Å². The Hall–Kier alpha value is -2.97. The molecule has 0 bridgehead atoms. The summed E-state index contributed by atoms with van der Waals surface area (Å²) in [6.07, 6.45) is 4.75. The van der Waals surface area contributed by atoms with E-state index in [0.29, 0.717) is 36.6 Å². The Morgan fingerprint density at radius 2 is 2.03 bits per heavy atom. The topological polar surface area (TPSA) is 92.4 Å². The molecule has 4 heterocycles. The number of hydrogen-bond acceptors (Lipinski definition) is 6. The van der Waals surface area contributed by atoms with Crippen LogP contribution < -0.4 is 10.6 Å². The lowest BCUT2D eigenvalue weighted by Crippen LogP contribution is -2.38. The van der Waals surface area contributed by atoms with Gasteiger partial charge in [0.05, 0.1) is 0 Å². The molecule has 2 aliphatic rings. The van der Waals surface area contributed by atoms with Gasteiger partial charge in [0.1, 0.15) is 5.69 Å². The van der Waals surface area contributed by atoms with Crippen molar-refractivity contribution in [2.45, 2.75) is 38.8 Å². The van der Waals surface area contributed by atoms with E-state index < -0.39 is 5.91 Å². The van der Waals surface area contributed by atoms with Gasteiger partial charge in [-0.05, 0) is 54.2 Å². The monoisotopic (exact) mass is 495 g/mol. The van der Waals surface area contributed by atoms with Gasteiger partial charge in [-0.2, -0.15) is 0 Å². The van der Waals surface area contributed by atoms with Crippen molar-refractivity contribution < 1.29 is 9.59 Å². The summed E-state index contributed by atoms with van der Waals surface area (Å²) in [5, 5.41) is 1.50. The van der Waals surface area contributed by atoms with E-state index in [4.69, 9.17) is 17.3 Å².